The molecule has 0 aliphatic rings. The van der Waals surface area contributed by atoms with Crippen LogP contribution in [0.25, 0.3) is 22.2 Å². The number of para-hydroxylation sites is 2. The second kappa shape index (κ2) is 11.4. The van der Waals surface area contributed by atoms with Gasteiger partial charge in [-0.2, -0.15) is 5.16 Å². The summed E-state index contributed by atoms with van der Waals surface area (Å²) in [5, 5.41) is 5.26. The van der Waals surface area contributed by atoms with Crippen molar-refractivity contribution in [2.75, 3.05) is 17.3 Å². The summed E-state index contributed by atoms with van der Waals surface area (Å²) in [5.41, 5.74) is 3.86. The van der Waals surface area contributed by atoms with Crippen LogP contribution in [0.15, 0.2) is 70.0 Å². The SMILES string of the molecule is O=C(Nn1c(NCc2ccc(-c3cc(Cl)cc(Cl)c3OCC(F)F)cc2F)nc2ccccc21)c1cc(=O)[nH]o1. The minimum absolute atomic E-state index is 0.00849. The van der Waals surface area contributed by atoms with E-state index in [2.05, 4.69) is 15.7 Å². The van der Waals surface area contributed by atoms with Gasteiger partial charge in [0.1, 0.15) is 18.2 Å². The second-order valence-corrected chi connectivity index (χ2v) is 9.25. The number of carbonyl (C=O) groups excluding carboxylic acids is 1. The summed E-state index contributed by atoms with van der Waals surface area (Å²) >= 11 is 12.3. The predicted octanol–water partition coefficient (Wildman–Crippen LogP) is 6.07. The molecule has 0 atom stereocenters. The molecule has 2 aromatic heterocycles. The van der Waals surface area contributed by atoms with E-state index < -0.39 is 30.3 Å². The van der Waals surface area contributed by atoms with Gasteiger partial charge in [0.05, 0.1) is 22.1 Å². The monoisotopic (exact) mass is 591 g/mol. The van der Waals surface area contributed by atoms with Crippen LogP contribution in [0.3, 0.4) is 0 Å². The van der Waals surface area contributed by atoms with Gasteiger partial charge < -0.3 is 14.6 Å². The molecule has 2 heterocycles. The number of hydrogen-bond acceptors (Lipinski definition) is 6. The first-order valence-electron chi connectivity index (χ1n) is 11.6. The predicted molar refractivity (Wildman–Crippen MR) is 143 cm³/mol. The van der Waals surface area contributed by atoms with Crippen molar-refractivity contribution in [1.29, 1.82) is 0 Å². The molecule has 1 amide bonds. The van der Waals surface area contributed by atoms with E-state index in [0.29, 0.717) is 16.6 Å². The molecule has 206 valence electrons. The number of aromatic amines is 1. The lowest BCUT2D eigenvalue weighted by Gasteiger charge is -2.15. The molecule has 0 saturated carbocycles. The van der Waals surface area contributed by atoms with Crippen LogP contribution >= 0.6 is 23.2 Å². The fourth-order valence-electron chi connectivity index (χ4n) is 3.91. The molecule has 0 aliphatic heterocycles. The molecule has 0 unspecified atom stereocenters. The Labute approximate surface area is 233 Å². The van der Waals surface area contributed by atoms with Gasteiger partial charge in [0.2, 0.25) is 11.7 Å². The molecule has 0 spiro atoms. The minimum Gasteiger partial charge on any atom is -0.485 e. The highest BCUT2D eigenvalue weighted by Gasteiger charge is 2.19. The van der Waals surface area contributed by atoms with Gasteiger partial charge >= 0.3 is 5.91 Å². The molecule has 3 N–H and O–H groups in total. The van der Waals surface area contributed by atoms with Crippen LogP contribution < -0.4 is 21.0 Å². The van der Waals surface area contributed by atoms with Crippen molar-refractivity contribution in [3.8, 4) is 16.9 Å². The number of rotatable bonds is 9. The maximum absolute atomic E-state index is 15.2. The van der Waals surface area contributed by atoms with Gasteiger partial charge in [-0.05, 0) is 35.9 Å². The number of carbonyl (C=O) groups is 1. The Kier molecular flexibility index (Phi) is 7.71. The molecule has 14 heteroatoms. The van der Waals surface area contributed by atoms with E-state index in [4.69, 9.17) is 32.5 Å². The van der Waals surface area contributed by atoms with Crippen LogP contribution in [0, 0.1) is 5.82 Å². The van der Waals surface area contributed by atoms with Crippen LogP contribution in [0.4, 0.5) is 19.1 Å². The number of aromatic nitrogens is 3. The van der Waals surface area contributed by atoms with Gasteiger partial charge in [-0.25, -0.2) is 22.8 Å². The first kappa shape index (κ1) is 27.2. The van der Waals surface area contributed by atoms with Crippen molar-refractivity contribution in [3.63, 3.8) is 0 Å². The molecule has 40 heavy (non-hydrogen) atoms. The Morgan fingerprint density at radius 3 is 2.65 bits per heavy atom. The second-order valence-electron chi connectivity index (χ2n) is 8.40. The first-order valence-corrected chi connectivity index (χ1v) is 12.3. The summed E-state index contributed by atoms with van der Waals surface area (Å²) in [7, 11) is 0. The van der Waals surface area contributed by atoms with E-state index in [-0.39, 0.29) is 45.2 Å². The summed E-state index contributed by atoms with van der Waals surface area (Å²) in [6, 6.07) is 15.0. The van der Waals surface area contributed by atoms with Crippen LogP contribution in [-0.2, 0) is 6.54 Å². The van der Waals surface area contributed by atoms with Crippen molar-refractivity contribution < 1.29 is 27.2 Å². The third kappa shape index (κ3) is 5.77. The number of imidazole rings is 1. The Morgan fingerprint density at radius 1 is 1.12 bits per heavy atom. The van der Waals surface area contributed by atoms with Crippen molar-refractivity contribution in [2.24, 2.45) is 0 Å². The number of hydrogen-bond donors (Lipinski definition) is 3. The Hall–Kier alpha value is -4.42. The van der Waals surface area contributed by atoms with Crippen LogP contribution in [-0.4, -0.2) is 33.8 Å². The van der Waals surface area contributed by atoms with E-state index in [1.165, 1.54) is 28.9 Å². The average Bonchev–Trinajstić information content (AvgIpc) is 3.50. The molecule has 5 rings (SSSR count). The molecule has 0 saturated heterocycles. The molecule has 0 bridgehead atoms. The fourth-order valence-corrected chi connectivity index (χ4v) is 4.46. The Balaban J connectivity index is 1.40. The third-order valence-corrected chi connectivity index (χ3v) is 6.18. The van der Waals surface area contributed by atoms with Gasteiger partial charge in [-0.3, -0.25) is 15.0 Å². The third-order valence-electron chi connectivity index (χ3n) is 5.68. The lowest BCUT2D eigenvalue weighted by Crippen LogP contribution is -2.24. The summed E-state index contributed by atoms with van der Waals surface area (Å²) in [6.45, 7) is -0.942. The van der Waals surface area contributed by atoms with Crippen molar-refractivity contribution in [3.05, 3.63) is 98.2 Å². The molecule has 0 fully saturated rings. The van der Waals surface area contributed by atoms with E-state index in [1.807, 2.05) is 5.16 Å². The quantitative estimate of drug-likeness (QED) is 0.192. The normalized spacial score (nSPS) is 11.2. The van der Waals surface area contributed by atoms with E-state index in [9.17, 15) is 18.4 Å². The van der Waals surface area contributed by atoms with E-state index in [1.54, 1.807) is 30.3 Å². The molecular weight excluding hydrogens is 574 g/mol. The topological polar surface area (TPSA) is 114 Å². The van der Waals surface area contributed by atoms with Gasteiger partial charge in [0.25, 0.3) is 12.0 Å². The van der Waals surface area contributed by atoms with Crippen LogP contribution in [0.5, 0.6) is 5.75 Å². The van der Waals surface area contributed by atoms with Gasteiger partial charge in [0, 0.05) is 22.7 Å². The summed E-state index contributed by atoms with van der Waals surface area (Å²) < 4.78 is 52.1. The maximum atomic E-state index is 15.2. The number of halogens is 5. The number of amides is 1. The number of fused-ring (bicyclic) bond motifs is 1. The Morgan fingerprint density at radius 2 is 1.93 bits per heavy atom. The first-order chi connectivity index (χ1) is 19.2. The number of benzene rings is 3. The molecule has 0 radical (unpaired) electrons. The smallest absolute Gasteiger partial charge is 0.308 e. The zero-order valence-electron chi connectivity index (χ0n) is 20.2. The molecule has 5 aromatic rings. The number of anilines is 1. The number of nitrogens with one attached hydrogen (secondary N) is 3. The average molecular weight is 592 g/mol. The van der Waals surface area contributed by atoms with Crippen molar-refractivity contribution in [2.45, 2.75) is 13.0 Å². The lowest BCUT2D eigenvalue weighted by atomic mass is 10.0. The number of H-pyrrole nitrogens is 1. The lowest BCUT2D eigenvalue weighted by molar-refractivity contribution is 0.0822. The molecular formula is C26H18Cl2F3N5O4. The number of ether oxygens (including phenoxy) is 1. The van der Waals surface area contributed by atoms with Crippen molar-refractivity contribution >= 4 is 46.1 Å². The minimum atomic E-state index is -2.74. The summed E-state index contributed by atoms with van der Waals surface area (Å²) in [4.78, 5) is 28.4. The molecule has 3 aromatic carbocycles. The zero-order chi connectivity index (χ0) is 28.4. The number of alkyl halides is 2. The highest BCUT2D eigenvalue weighted by Crippen LogP contribution is 2.39. The van der Waals surface area contributed by atoms with Crippen molar-refractivity contribution in [1.82, 2.24) is 14.8 Å². The van der Waals surface area contributed by atoms with Crippen LogP contribution in [0.1, 0.15) is 16.1 Å². The highest BCUT2D eigenvalue weighted by atomic mass is 35.5. The fraction of sp³-hybridized carbons (Fsp3) is 0.115. The number of nitrogens with zero attached hydrogens (tertiary/aromatic N) is 2. The zero-order valence-corrected chi connectivity index (χ0v) is 21.7. The maximum Gasteiger partial charge on any atom is 0.308 e. The van der Waals surface area contributed by atoms with Gasteiger partial charge in [-0.15, -0.1) is 0 Å². The highest BCUT2D eigenvalue weighted by molar-refractivity contribution is 6.36. The van der Waals surface area contributed by atoms with Gasteiger partial charge in [0.15, 0.2) is 0 Å². The molecule has 0 aliphatic carbocycles. The van der Waals surface area contributed by atoms with Gasteiger partial charge in [-0.1, -0.05) is 47.5 Å². The van der Waals surface area contributed by atoms with Crippen LogP contribution in [0.2, 0.25) is 10.0 Å². The van der Waals surface area contributed by atoms with E-state index in [0.717, 1.165) is 6.07 Å². The molecule has 9 nitrogen and oxygen atoms in total. The summed E-state index contributed by atoms with van der Waals surface area (Å²) in [6.07, 6.45) is -2.74. The summed E-state index contributed by atoms with van der Waals surface area (Å²) in [5.74, 6) is -1.44. The Bertz CT molecular complexity index is 1770. The largest absolute Gasteiger partial charge is 0.485 e. The van der Waals surface area contributed by atoms with E-state index >= 15 is 4.39 Å². The standard InChI is InChI=1S/C26H18Cl2F3N5O4/c27-15-8-16(24(17(28)9-15)39-12-22(30)31)13-5-6-14(18(29)7-13)11-32-26-33-19-3-1-2-4-20(19)36(26)34-25(38)21-10-23(37)35-40-21/h1-10,22H,11-12H2,(H,32,33)(H,34,38)(H,35,37).